The van der Waals surface area contributed by atoms with Crippen LogP contribution in [0.2, 0.25) is 0 Å². The summed E-state index contributed by atoms with van der Waals surface area (Å²) >= 11 is 0. The molecule has 1 amide bonds. The molecule has 0 aromatic heterocycles. The van der Waals surface area contributed by atoms with E-state index in [-0.39, 0.29) is 16.7 Å². The van der Waals surface area contributed by atoms with Gasteiger partial charge in [-0.05, 0) is 76.6 Å². The molecule has 0 saturated carbocycles. The van der Waals surface area contributed by atoms with Crippen LogP contribution >= 0.6 is 0 Å². The zero-order chi connectivity index (χ0) is 20.0. The molecule has 2 aromatic rings. The van der Waals surface area contributed by atoms with Crippen molar-refractivity contribution < 1.29 is 4.79 Å². The number of hydrogen-bond acceptors (Lipinski definition) is 2. The molecule has 0 saturated heterocycles. The van der Waals surface area contributed by atoms with Gasteiger partial charge in [-0.3, -0.25) is 4.79 Å². The fourth-order valence-corrected chi connectivity index (χ4v) is 4.19. The first-order valence-corrected chi connectivity index (χ1v) is 9.63. The predicted octanol–water partition coefficient (Wildman–Crippen LogP) is 5.97. The van der Waals surface area contributed by atoms with Gasteiger partial charge in [0.25, 0.3) is 0 Å². The molecule has 3 nitrogen and oxygen atoms in total. The zero-order valence-corrected chi connectivity index (χ0v) is 17.3. The SMILES string of the molecule is CC(=O)Nc1ccc(C=N)cc1-c1cc2c(cc1C)C(C)(C)CCC2(C)C. The Morgan fingerprint density at radius 1 is 1.00 bits per heavy atom. The highest BCUT2D eigenvalue weighted by Gasteiger charge is 2.37. The summed E-state index contributed by atoms with van der Waals surface area (Å²) in [5.74, 6) is -0.0871. The summed E-state index contributed by atoms with van der Waals surface area (Å²) in [5, 5.41) is 10.6. The number of anilines is 1. The van der Waals surface area contributed by atoms with Gasteiger partial charge >= 0.3 is 0 Å². The van der Waals surface area contributed by atoms with E-state index in [1.807, 2.05) is 18.2 Å². The van der Waals surface area contributed by atoms with Gasteiger partial charge in [-0.1, -0.05) is 39.8 Å². The number of carbonyl (C=O) groups is 1. The fraction of sp³-hybridized carbons (Fsp3) is 0.417. The molecule has 0 spiro atoms. The van der Waals surface area contributed by atoms with E-state index >= 15 is 0 Å². The lowest BCUT2D eigenvalue weighted by Crippen LogP contribution is -2.34. The molecule has 3 heteroatoms. The quantitative estimate of drug-likeness (QED) is 0.650. The molecule has 27 heavy (non-hydrogen) atoms. The second-order valence-electron chi connectivity index (χ2n) is 9.11. The molecule has 3 rings (SSSR count). The lowest BCUT2D eigenvalue weighted by molar-refractivity contribution is -0.114. The average Bonchev–Trinajstić information content (AvgIpc) is 2.59. The third-order valence-corrected chi connectivity index (χ3v) is 6.01. The molecule has 0 atom stereocenters. The van der Waals surface area contributed by atoms with Crippen LogP contribution in [0.25, 0.3) is 11.1 Å². The monoisotopic (exact) mass is 362 g/mol. The highest BCUT2D eigenvalue weighted by molar-refractivity contribution is 5.96. The first kappa shape index (κ1) is 19.3. The summed E-state index contributed by atoms with van der Waals surface area (Å²) in [7, 11) is 0. The van der Waals surface area contributed by atoms with Gasteiger partial charge in [0.05, 0.1) is 0 Å². The molecule has 0 aliphatic heterocycles. The maximum Gasteiger partial charge on any atom is 0.221 e. The first-order chi connectivity index (χ1) is 12.5. The van der Waals surface area contributed by atoms with Crippen molar-refractivity contribution in [3.05, 3.63) is 52.6 Å². The van der Waals surface area contributed by atoms with E-state index in [0.29, 0.717) is 0 Å². The van der Waals surface area contributed by atoms with Crippen molar-refractivity contribution in [3.8, 4) is 11.1 Å². The van der Waals surface area contributed by atoms with E-state index in [9.17, 15) is 4.79 Å². The molecule has 2 N–H and O–H groups in total. The third-order valence-electron chi connectivity index (χ3n) is 6.01. The average molecular weight is 363 g/mol. The normalized spacial score (nSPS) is 17.1. The van der Waals surface area contributed by atoms with Crippen LogP contribution in [0.1, 0.15) is 69.7 Å². The second kappa shape index (κ2) is 6.63. The smallest absolute Gasteiger partial charge is 0.221 e. The Kier molecular flexibility index (Phi) is 4.75. The minimum Gasteiger partial charge on any atom is -0.326 e. The van der Waals surface area contributed by atoms with Crippen LogP contribution in [0, 0.1) is 12.3 Å². The number of rotatable bonds is 3. The Morgan fingerprint density at radius 2 is 1.59 bits per heavy atom. The number of carbonyl (C=O) groups excluding carboxylic acids is 1. The lowest BCUT2D eigenvalue weighted by atomic mass is 9.62. The molecular formula is C24H30N2O. The van der Waals surface area contributed by atoms with Gasteiger partial charge in [0.1, 0.15) is 0 Å². The van der Waals surface area contributed by atoms with E-state index in [4.69, 9.17) is 5.41 Å². The van der Waals surface area contributed by atoms with Crippen molar-refractivity contribution >= 4 is 17.8 Å². The Bertz CT molecular complexity index is 922. The van der Waals surface area contributed by atoms with Crippen molar-refractivity contribution in [3.63, 3.8) is 0 Å². The highest BCUT2D eigenvalue weighted by Crippen LogP contribution is 2.48. The lowest BCUT2D eigenvalue weighted by Gasteiger charge is -2.42. The van der Waals surface area contributed by atoms with E-state index < -0.39 is 0 Å². The van der Waals surface area contributed by atoms with Gasteiger partial charge < -0.3 is 10.7 Å². The van der Waals surface area contributed by atoms with Crippen LogP contribution in [0.3, 0.4) is 0 Å². The zero-order valence-electron chi connectivity index (χ0n) is 17.3. The molecule has 0 heterocycles. The topological polar surface area (TPSA) is 53.0 Å². The first-order valence-electron chi connectivity index (χ1n) is 9.63. The summed E-state index contributed by atoms with van der Waals surface area (Å²) < 4.78 is 0. The van der Waals surface area contributed by atoms with Gasteiger partial charge in [-0.25, -0.2) is 0 Å². The van der Waals surface area contributed by atoms with Crippen molar-refractivity contribution in [1.82, 2.24) is 0 Å². The van der Waals surface area contributed by atoms with Crippen molar-refractivity contribution in [2.24, 2.45) is 0 Å². The van der Waals surface area contributed by atoms with Crippen molar-refractivity contribution in [1.29, 1.82) is 5.41 Å². The van der Waals surface area contributed by atoms with E-state index in [2.05, 4.69) is 52.1 Å². The molecule has 142 valence electrons. The summed E-state index contributed by atoms with van der Waals surface area (Å²) in [6, 6.07) is 10.4. The molecule has 0 unspecified atom stereocenters. The van der Waals surface area contributed by atoms with Crippen LogP contribution in [-0.4, -0.2) is 12.1 Å². The predicted molar refractivity (Wildman–Crippen MR) is 114 cm³/mol. The van der Waals surface area contributed by atoms with Gasteiger partial charge in [0, 0.05) is 24.4 Å². The molecule has 0 radical (unpaired) electrons. The molecule has 1 aliphatic carbocycles. The van der Waals surface area contributed by atoms with Crippen molar-refractivity contribution in [2.45, 2.75) is 65.2 Å². The Balaban J connectivity index is 2.27. The van der Waals surface area contributed by atoms with E-state index in [0.717, 1.165) is 28.8 Å². The number of hydrogen-bond donors (Lipinski definition) is 2. The summed E-state index contributed by atoms with van der Waals surface area (Å²) in [6.07, 6.45) is 3.70. The number of aryl methyl sites for hydroxylation is 1. The number of nitrogens with one attached hydrogen (secondary N) is 2. The molecule has 0 fully saturated rings. The van der Waals surface area contributed by atoms with Crippen LogP contribution in [0.4, 0.5) is 5.69 Å². The maximum absolute atomic E-state index is 11.7. The van der Waals surface area contributed by atoms with Crippen molar-refractivity contribution in [2.75, 3.05) is 5.32 Å². The molecule has 2 aromatic carbocycles. The summed E-state index contributed by atoms with van der Waals surface area (Å²) in [5.41, 5.74) is 8.06. The molecule has 0 bridgehead atoms. The third kappa shape index (κ3) is 3.55. The van der Waals surface area contributed by atoms with Crippen LogP contribution < -0.4 is 5.32 Å². The van der Waals surface area contributed by atoms with Gasteiger partial charge in [0.15, 0.2) is 0 Å². The number of fused-ring (bicyclic) bond motifs is 1. The van der Waals surface area contributed by atoms with E-state index in [1.54, 1.807) is 0 Å². The van der Waals surface area contributed by atoms with Crippen LogP contribution in [0.5, 0.6) is 0 Å². The maximum atomic E-state index is 11.7. The fourth-order valence-electron chi connectivity index (χ4n) is 4.19. The Hall–Kier alpha value is -2.42. The van der Waals surface area contributed by atoms with E-state index in [1.165, 1.54) is 36.2 Å². The van der Waals surface area contributed by atoms with Gasteiger partial charge in [-0.15, -0.1) is 0 Å². The summed E-state index contributed by atoms with van der Waals surface area (Å²) in [4.78, 5) is 11.7. The molecule has 1 aliphatic rings. The van der Waals surface area contributed by atoms with Gasteiger partial charge in [-0.2, -0.15) is 0 Å². The standard InChI is InChI=1S/C24H30N2O/c1-15-11-20-21(24(5,6)10-9-23(20,3)4)13-18(15)19-12-17(14-25)7-8-22(19)26-16(2)27/h7-8,11-14,25H,9-10H2,1-6H3,(H,26,27). The minimum atomic E-state index is -0.0871. The second-order valence-corrected chi connectivity index (χ2v) is 9.11. The minimum absolute atomic E-state index is 0.0871. The Morgan fingerprint density at radius 3 is 2.15 bits per heavy atom. The summed E-state index contributed by atoms with van der Waals surface area (Å²) in [6.45, 7) is 13.0. The molecular weight excluding hydrogens is 332 g/mol. The van der Waals surface area contributed by atoms with Gasteiger partial charge in [0.2, 0.25) is 5.91 Å². The van der Waals surface area contributed by atoms with Crippen LogP contribution in [0.15, 0.2) is 30.3 Å². The number of benzene rings is 2. The number of amides is 1. The largest absolute Gasteiger partial charge is 0.326 e. The Labute approximate surface area is 162 Å². The highest BCUT2D eigenvalue weighted by atomic mass is 16.1. The van der Waals surface area contributed by atoms with Crippen LogP contribution in [-0.2, 0) is 15.6 Å².